The highest BCUT2D eigenvalue weighted by Gasteiger charge is 2.23. The molecule has 1 atom stereocenters. The number of piperidine rings is 1. The Labute approximate surface area is 166 Å². The Morgan fingerprint density at radius 2 is 2.11 bits per heavy atom. The molecule has 3 rings (SSSR count). The van der Waals surface area contributed by atoms with Crippen molar-refractivity contribution >= 4 is 11.9 Å². The molecule has 1 amide bonds. The first-order chi connectivity index (χ1) is 13.6. The van der Waals surface area contributed by atoms with Crippen LogP contribution in [0.15, 0.2) is 48.0 Å². The topological polar surface area (TPSA) is 88.5 Å². The molecule has 0 aliphatic carbocycles. The van der Waals surface area contributed by atoms with Crippen molar-refractivity contribution < 1.29 is 4.79 Å². The molecule has 1 aromatic heterocycles. The molecule has 1 fully saturated rings. The Hall–Kier alpha value is -2.83. The number of carbonyl (C=O) groups excluding carboxylic acids is 1. The summed E-state index contributed by atoms with van der Waals surface area (Å²) in [4.78, 5) is 22.4. The van der Waals surface area contributed by atoms with E-state index >= 15 is 0 Å². The Morgan fingerprint density at radius 1 is 1.32 bits per heavy atom. The van der Waals surface area contributed by atoms with Gasteiger partial charge in [0.05, 0.1) is 12.9 Å². The summed E-state index contributed by atoms with van der Waals surface area (Å²) in [6.07, 6.45) is 8.15. The molecule has 7 heteroatoms. The first kappa shape index (κ1) is 19.9. The van der Waals surface area contributed by atoms with Crippen LogP contribution in [0, 0.1) is 5.92 Å². The third kappa shape index (κ3) is 5.84. The molecule has 7 nitrogen and oxygen atoms in total. The maximum absolute atomic E-state index is 11.3. The largest absolute Gasteiger partial charge is 0.370 e. The van der Waals surface area contributed by atoms with Crippen molar-refractivity contribution in [2.75, 3.05) is 19.6 Å². The fraction of sp³-hybridized carbons (Fsp3) is 0.476. The van der Waals surface area contributed by atoms with E-state index < -0.39 is 0 Å². The number of likely N-dealkylation sites (tertiary alicyclic amines) is 1. The van der Waals surface area contributed by atoms with Gasteiger partial charge >= 0.3 is 0 Å². The van der Waals surface area contributed by atoms with E-state index in [-0.39, 0.29) is 5.91 Å². The van der Waals surface area contributed by atoms with Crippen LogP contribution in [0.25, 0.3) is 0 Å². The van der Waals surface area contributed by atoms with Crippen molar-refractivity contribution in [2.24, 2.45) is 16.6 Å². The van der Waals surface area contributed by atoms with Crippen LogP contribution in [0.3, 0.4) is 0 Å². The van der Waals surface area contributed by atoms with Gasteiger partial charge in [0, 0.05) is 45.0 Å². The Balaban J connectivity index is 1.61. The lowest BCUT2D eigenvalue weighted by atomic mass is 9.95. The molecule has 1 aliphatic rings. The van der Waals surface area contributed by atoms with Gasteiger partial charge in [0.2, 0.25) is 5.91 Å². The zero-order valence-electron chi connectivity index (χ0n) is 16.6. The van der Waals surface area contributed by atoms with Gasteiger partial charge in [0.15, 0.2) is 5.96 Å². The van der Waals surface area contributed by atoms with E-state index in [0.29, 0.717) is 18.9 Å². The van der Waals surface area contributed by atoms with Crippen molar-refractivity contribution in [2.45, 2.75) is 39.3 Å². The molecule has 0 saturated carbocycles. The summed E-state index contributed by atoms with van der Waals surface area (Å²) in [6, 6.07) is 8.54. The monoisotopic (exact) mass is 382 g/mol. The number of nitrogens with one attached hydrogen (secondary N) is 1. The maximum atomic E-state index is 11.3. The van der Waals surface area contributed by atoms with E-state index in [1.165, 1.54) is 11.1 Å². The summed E-state index contributed by atoms with van der Waals surface area (Å²) in [7, 11) is 0. The SMILES string of the molecule is CCNC(=NCc1ccc(Cn2ccnc2)cc1)N1CCCC(CC(N)=O)C1. The van der Waals surface area contributed by atoms with Gasteiger partial charge in [0.1, 0.15) is 0 Å². The third-order valence-electron chi connectivity index (χ3n) is 5.00. The average Bonchev–Trinajstić information content (AvgIpc) is 3.19. The van der Waals surface area contributed by atoms with Crippen LogP contribution in [0.5, 0.6) is 0 Å². The molecular formula is C21H30N6O. The van der Waals surface area contributed by atoms with Crippen molar-refractivity contribution in [1.29, 1.82) is 0 Å². The summed E-state index contributed by atoms with van der Waals surface area (Å²) in [5, 5.41) is 3.39. The van der Waals surface area contributed by atoms with E-state index in [1.54, 1.807) is 6.20 Å². The van der Waals surface area contributed by atoms with Crippen LogP contribution in [0.1, 0.15) is 37.3 Å². The molecule has 1 aromatic carbocycles. The predicted molar refractivity (Wildman–Crippen MR) is 111 cm³/mol. The summed E-state index contributed by atoms with van der Waals surface area (Å²) in [5.41, 5.74) is 7.80. The summed E-state index contributed by atoms with van der Waals surface area (Å²) >= 11 is 0. The lowest BCUT2D eigenvalue weighted by Crippen LogP contribution is -2.47. The quantitative estimate of drug-likeness (QED) is 0.566. The number of nitrogens with two attached hydrogens (primary N) is 1. The molecule has 3 N–H and O–H groups in total. The van der Waals surface area contributed by atoms with Crippen molar-refractivity contribution in [3.63, 3.8) is 0 Å². The summed E-state index contributed by atoms with van der Waals surface area (Å²) in [6.45, 7) is 6.14. The van der Waals surface area contributed by atoms with Crippen LogP contribution in [-0.4, -0.2) is 46.0 Å². The fourth-order valence-corrected chi connectivity index (χ4v) is 3.64. The van der Waals surface area contributed by atoms with E-state index in [0.717, 1.165) is 45.0 Å². The first-order valence-corrected chi connectivity index (χ1v) is 9.99. The second-order valence-electron chi connectivity index (χ2n) is 7.35. The van der Waals surface area contributed by atoms with E-state index in [4.69, 9.17) is 10.7 Å². The smallest absolute Gasteiger partial charge is 0.217 e. The summed E-state index contributed by atoms with van der Waals surface area (Å²) in [5.74, 6) is 1.02. The number of aromatic nitrogens is 2. The van der Waals surface area contributed by atoms with Crippen LogP contribution in [-0.2, 0) is 17.9 Å². The molecule has 150 valence electrons. The number of guanidine groups is 1. The van der Waals surface area contributed by atoms with E-state index in [1.807, 2.05) is 12.5 Å². The number of rotatable bonds is 7. The number of benzene rings is 1. The number of amides is 1. The second-order valence-corrected chi connectivity index (χ2v) is 7.35. The Bertz CT molecular complexity index is 769. The van der Waals surface area contributed by atoms with Gasteiger partial charge in [-0.1, -0.05) is 24.3 Å². The van der Waals surface area contributed by atoms with Gasteiger partial charge in [-0.05, 0) is 36.8 Å². The van der Waals surface area contributed by atoms with Crippen LogP contribution in [0.4, 0.5) is 0 Å². The third-order valence-corrected chi connectivity index (χ3v) is 5.00. The fourth-order valence-electron chi connectivity index (χ4n) is 3.64. The first-order valence-electron chi connectivity index (χ1n) is 9.99. The maximum Gasteiger partial charge on any atom is 0.217 e. The number of hydrogen-bond donors (Lipinski definition) is 2. The number of primary amides is 1. The number of nitrogens with zero attached hydrogens (tertiary/aromatic N) is 4. The van der Waals surface area contributed by atoms with Crippen LogP contribution >= 0.6 is 0 Å². The molecule has 28 heavy (non-hydrogen) atoms. The average molecular weight is 383 g/mol. The van der Waals surface area contributed by atoms with Gasteiger partial charge in [-0.3, -0.25) is 4.79 Å². The standard InChI is InChI=1S/C21H30N6O/c1-2-24-21(27-10-3-4-19(15-27)12-20(22)28)25-13-17-5-7-18(8-6-17)14-26-11-9-23-16-26/h5-9,11,16,19H,2-4,10,12-15H2,1H3,(H2,22,28)(H,24,25). The molecule has 1 unspecified atom stereocenters. The molecule has 1 aliphatic heterocycles. The zero-order chi connectivity index (χ0) is 19.8. The molecule has 0 bridgehead atoms. The highest BCUT2D eigenvalue weighted by molar-refractivity contribution is 5.80. The van der Waals surface area contributed by atoms with Gasteiger partial charge in [-0.2, -0.15) is 0 Å². The van der Waals surface area contributed by atoms with Gasteiger partial charge in [-0.25, -0.2) is 9.98 Å². The Morgan fingerprint density at radius 3 is 2.79 bits per heavy atom. The highest BCUT2D eigenvalue weighted by atomic mass is 16.1. The number of hydrogen-bond acceptors (Lipinski definition) is 3. The highest BCUT2D eigenvalue weighted by Crippen LogP contribution is 2.19. The van der Waals surface area contributed by atoms with Gasteiger partial charge < -0.3 is 20.5 Å². The van der Waals surface area contributed by atoms with E-state index in [9.17, 15) is 4.79 Å². The van der Waals surface area contributed by atoms with Crippen LogP contribution in [0.2, 0.25) is 0 Å². The lowest BCUT2D eigenvalue weighted by Gasteiger charge is -2.34. The normalized spacial score (nSPS) is 17.5. The summed E-state index contributed by atoms with van der Waals surface area (Å²) < 4.78 is 2.05. The lowest BCUT2D eigenvalue weighted by molar-refractivity contribution is -0.119. The molecule has 0 spiro atoms. The number of imidazole rings is 1. The molecule has 0 radical (unpaired) electrons. The van der Waals surface area contributed by atoms with Crippen molar-refractivity contribution in [3.8, 4) is 0 Å². The molecule has 1 saturated heterocycles. The minimum absolute atomic E-state index is 0.218. The predicted octanol–water partition coefficient (Wildman–Crippen LogP) is 1.98. The molecule has 2 aromatic rings. The molecule has 2 heterocycles. The van der Waals surface area contributed by atoms with Crippen molar-refractivity contribution in [1.82, 2.24) is 19.8 Å². The molecular weight excluding hydrogens is 352 g/mol. The minimum Gasteiger partial charge on any atom is -0.370 e. The minimum atomic E-state index is -0.218. The second kappa shape index (κ2) is 9.92. The van der Waals surface area contributed by atoms with Gasteiger partial charge in [-0.15, -0.1) is 0 Å². The number of aliphatic imine (C=N–C) groups is 1. The van der Waals surface area contributed by atoms with E-state index in [2.05, 4.69) is 51.0 Å². The van der Waals surface area contributed by atoms with Crippen molar-refractivity contribution in [3.05, 3.63) is 54.1 Å². The Kier molecular flexibility index (Phi) is 7.06. The number of carbonyl (C=O) groups is 1. The van der Waals surface area contributed by atoms with Crippen LogP contribution < -0.4 is 11.1 Å². The zero-order valence-corrected chi connectivity index (χ0v) is 16.6. The van der Waals surface area contributed by atoms with Gasteiger partial charge in [0.25, 0.3) is 0 Å².